The van der Waals surface area contributed by atoms with E-state index in [1.165, 1.54) is 6.07 Å². The lowest BCUT2D eigenvalue weighted by atomic mass is 10.1. The molecule has 2 aromatic rings. The van der Waals surface area contributed by atoms with Crippen molar-refractivity contribution in [1.82, 2.24) is 5.32 Å². The third-order valence-electron chi connectivity index (χ3n) is 3.31. The van der Waals surface area contributed by atoms with Gasteiger partial charge in [-0.3, -0.25) is 4.79 Å². The molecule has 21 heavy (non-hydrogen) atoms. The number of amides is 1. The zero-order valence-corrected chi connectivity index (χ0v) is 12.2. The summed E-state index contributed by atoms with van der Waals surface area (Å²) in [6.45, 7) is 2.36. The van der Waals surface area contributed by atoms with Crippen molar-refractivity contribution < 1.29 is 14.6 Å². The highest BCUT2D eigenvalue weighted by atomic mass is 16.5. The molecule has 0 fully saturated rings. The minimum Gasteiger partial charge on any atom is -0.508 e. The number of rotatable bonds is 5. The highest BCUT2D eigenvalue weighted by Gasteiger charge is 2.08. The minimum atomic E-state index is -0.124. The van der Waals surface area contributed by atoms with Crippen LogP contribution in [0.1, 0.15) is 21.5 Å². The Morgan fingerprint density at radius 3 is 2.52 bits per heavy atom. The molecule has 0 spiro atoms. The number of benzene rings is 2. The number of carbonyl (C=O) groups excluding carboxylic acids is 1. The predicted molar refractivity (Wildman–Crippen MR) is 81.9 cm³/mol. The second-order valence-electron chi connectivity index (χ2n) is 4.85. The zero-order valence-electron chi connectivity index (χ0n) is 12.2. The van der Waals surface area contributed by atoms with E-state index in [9.17, 15) is 9.90 Å². The van der Waals surface area contributed by atoms with Crippen molar-refractivity contribution >= 4 is 5.91 Å². The van der Waals surface area contributed by atoms with E-state index in [4.69, 9.17) is 4.74 Å². The topological polar surface area (TPSA) is 58.6 Å². The van der Waals surface area contributed by atoms with Gasteiger partial charge in [0.15, 0.2) is 0 Å². The Balaban J connectivity index is 1.88. The Labute approximate surface area is 124 Å². The maximum absolute atomic E-state index is 12.1. The van der Waals surface area contributed by atoms with E-state index in [1.54, 1.807) is 26.2 Å². The van der Waals surface area contributed by atoms with E-state index >= 15 is 0 Å². The molecule has 2 aromatic carbocycles. The number of nitrogens with one attached hydrogen (secondary N) is 1. The maximum Gasteiger partial charge on any atom is 0.251 e. The molecule has 0 aliphatic carbocycles. The second-order valence-corrected chi connectivity index (χ2v) is 4.85. The quantitative estimate of drug-likeness (QED) is 0.888. The van der Waals surface area contributed by atoms with Gasteiger partial charge in [-0.05, 0) is 54.8 Å². The van der Waals surface area contributed by atoms with Crippen molar-refractivity contribution in [2.75, 3.05) is 13.7 Å². The van der Waals surface area contributed by atoms with Crippen molar-refractivity contribution in [3.63, 3.8) is 0 Å². The number of aryl methyl sites for hydroxylation is 1. The largest absolute Gasteiger partial charge is 0.508 e. The van der Waals surface area contributed by atoms with Crippen LogP contribution >= 0.6 is 0 Å². The molecule has 0 aliphatic rings. The van der Waals surface area contributed by atoms with Crippen LogP contribution in [0.5, 0.6) is 11.5 Å². The Morgan fingerprint density at radius 2 is 1.90 bits per heavy atom. The molecule has 2 N–H and O–H groups in total. The maximum atomic E-state index is 12.1. The van der Waals surface area contributed by atoms with E-state index in [-0.39, 0.29) is 11.7 Å². The number of hydrogen-bond donors (Lipinski definition) is 2. The van der Waals surface area contributed by atoms with Gasteiger partial charge in [-0.2, -0.15) is 0 Å². The summed E-state index contributed by atoms with van der Waals surface area (Å²) >= 11 is 0. The van der Waals surface area contributed by atoms with Crippen molar-refractivity contribution in [2.45, 2.75) is 13.3 Å². The predicted octanol–water partition coefficient (Wildman–Crippen LogP) is 2.68. The van der Waals surface area contributed by atoms with Gasteiger partial charge < -0.3 is 15.2 Å². The number of methoxy groups -OCH3 is 1. The van der Waals surface area contributed by atoms with Gasteiger partial charge >= 0.3 is 0 Å². The first-order chi connectivity index (χ1) is 10.1. The Bertz CT molecular complexity index is 620. The summed E-state index contributed by atoms with van der Waals surface area (Å²) in [7, 11) is 1.63. The van der Waals surface area contributed by atoms with Crippen LogP contribution in [0.25, 0.3) is 0 Å². The van der Waals surface area contributed by atoms with Crippen LogP contribution in [0, 0.1) is 6.92 Å². The second kappa shape index (κ2) is 6.79. The molecule has 4 heteroatoms. The van der Waals surface area contributed by atoms with E-state index in [0.29, 0.717) is 12.1 Å². The normalized spacial score (nSPS) is 10.2. The highest BCUT2D eigenvalue weighted by molar-refractivity contribution is 5.95. The van der Waals surface area contributed by atoms with Gasteiger partial charge in [0.1, 0.15) is 11.5 Å². The Hall–Kier alpha value is -2.49. The highest BCUT2D eigenvalue weighted by Crippen LogP contribution is 2.15. The molecule has 0 unspecified atom stereocenters. The lowest BCUT2D eigenvalue weighted by Gasteiger charge is -2.08. The molecule has 0 aliphatic heterocycles. The summed E-state index contributed by atoms with van der Waals surface area (Å²) < 4.78 is 5.10. The number of phenolic OH excluding ortho intramolecular Hbond substituents is 1. The molecule has 0 saturated carbocycles. The molecule has 0 aromatic heterocycles. The summed E-state index contributed by atoms with van der Waals surface area (Å²) in [4.78, 5) is 12.1. The van der Waals surface area contributed by atoms with Crippen LogP contribution in [0.3, 0.4) is 0 Å². The van der Waals surface area contributed by atoms with Crippen molar-refractivity contribution in [2.24, 2.45) is 0 Å². The van der Waals surface area contributed by atoms with Gasteiger partial charge in [0.25, 0.3) is 5.91 Å². The Kier molecular flexibility index (Phi) is 4.82. The van der Waals surface area contributed by atoms with E-state index in [2.05, 4.69) is 5.32 Å². The minimum absolute atomic E-state index is 0.124. The van der Waals surface area contributed by atoms with Crippen LogP contribution in [0.4, 0.5) is 0 Å². The molecule has 0 heterocycles. The van der Waals surface area contributed by atoms with E-state index in [0.717, 1.165) is 23.3 Å². The first kappa shape index (κ1) is 14.9. The number of phenols is 1. The lowest BCUT2D eigenvalue weighted by molar-refractivity contribution is 0.0953. The van der Waals surface area contributed by atoms with Gasteiger partial charge in [0.2, 0.25) is 0 Å². The molecule has 0 saturated heterocycles. The summed E-state index contributed by atoms with van der Waals surface area (Å²) in [6, 6.07) is 12.5. The van der Waals surface area contributed by atoms with Crippen LogP contribution in [-0.2, 0) is 6.42 Å². The molecule has 4 nitrogen and oxygen atoms in total. The monoisotopic (exact) mass is 285 g/mol. The molecule has 0 bridgehead atoms. The van der Waals surface area contributed by atoms with Crippen molar-refractivity contribution in [3.8, 4) is 11.5 Å². The summed E-state index contributed by atoms with van der Waals surface area (Å²) in [5, 5.41) is 12.2. The number of carbonyl (C=O) groups is 1. The zero-order chi connectivity index (χ0) is 15.2. The molecular weight excluding hydrogens is 266 g/mol. The van der Waals surface area contributed by atoms with E-state index in [1.807, 2.05) is 24.3 Å². The first-order valence-electron chi connectivity index (χ1n) is 6.81. The average molecular weight is 285 g/mol. The number of aromatic hydroxyl groups is 1. The smallest absolute Gasteiger partial charge is 0.251 e. The third-order valence-corrected chi connectivity index (χ3v) is 3.31. The van der Waals surface area contributed by atoms with Crippen molar-refractivity contribution in [1.29, 1.82) is 0 Å². The molecule has 0 radical (unpaired) electrons. The van der Waals surface area contributed by atoms with Crippen molar-refractivity contribution in [3.05, 3.63) is 59.2 Å². The molecular formula is C17H19NO3. The van der Waals surface area contributed by atoms with Gasteiger partial charge in [-0.1, -0.05) is 12.1 Å². The standard InChI is InChI=1S/C17H19NO3/c1-12-11-14(19)5-8-16(12)17(20)18-10-9-13-3-6-15(21-2)7-4-13/h3-8,11,19H,9-10H2,1-2H3,(H,18,20). The fourth-order valence-electron chi connectivity index (χ4n) is 2.11. The fraction of sp³-hybridized carbons (Fsp3) is 0.235. The Morgan fingerprint density at radius 1 is 1.19 bits per heavy atom. The fourth-order valence-corrected chi connectivity index (χ4v) is 2.11. The molecule has 0 atom stereocenters. The van der Waals surface area contributed by atoms with Crippen LogP contribution < -0.4 is 10.1 Å². The first-order valence-corrected chi connectivity index (χ1v) is 6.81. The van der Waals surface area contributed by atoms with Crippen LogP contribution in [0.15, 0.2) is 42.5 Å². The number of hydrogen-bond acceptors (Lipinski definition) is 3. The van der Waals surface area contributed by atoms with Crippen LogP contribution in [0.2, 0.25) is 0 Å². The summed E-state index contributed by atoms with van der Waals surface area (Å²) in [6.07, 6.45) is 0.757. The van der Waals surface area contributed by atoms with E-state index < -0.39 is 0 Å². The lowest BCUT2D eigenvalue weighted by Crippen LogP contribution is -2.26. The SMILES string of the molecule is COc1ccc(CCNC(=O)c2ccc(O)cc2C)cc1. The van der Waals surface area contributed by atoms with Gasteiger partial charge in [0.05, 0.1) is 7.11 Å². The molecule has 110 valence electrons. The van der Waals surface area contributed by atoms with Crippen LogP contribution in [-0.4, -0.2) is 24.7 Å². The summed E-state index contributed by atoms with van der Waals surface area (Å²) in [5.74, 6) is 0.866. The third kappa shape index (κ3) is 3.99. The average Bonchev–Trinajstić information content (AvgIpc) is 2.47. The summed E-state index contributed by atoms with van der Waals surface area (Å²) in [5.41, 5.74) is 2.48. The molecule has 1 amide bonds. The van der Waals surface area contributed by atoms with Gasteiger partial charge in [0, 0.05) is 12.1 Å². The van der Waals surface area contributed by atoms with Gasteiger partial charge in [-0.15, -0.1) is 0 Å². The van der Waals surface area contributed by atoms with Gasteiger partial charge in [-0.25, -0.2) is 0 Å². The molecule has 2 rings (SSSR count). The number of ether oxygens (including phenoxy) is 1.